The summed E-state index contributed by atoms with van der Waals surface area (Å²) in [5.74, 6) is -0.255. The Morgan fingerprint density at radius 1 is 1.33 bits per heavy atom. The normalized spacial score (nSPS) is 13.1. The van der Waals surface area contributed by atoms with Gasteiger partial charge in [0.2, 0.25) is 6.43 Å². The Labute approximate surface area is 91.5 Å². The second-order valence-electron chi connectivity index (χ2n) is 3.03. The lowest BCUT2D eigenvalue weighted by Crippen LogP contribution is -2.15. The molecule has 1 unspecified atom stereocenters. The number of rotatable bonds is 5. The van der Waals surface area contributed by atoms with Crippen molar-refractivity contribution in [2.75, 3.05) is 12.4 Å². The molecule has 0 amide bonds. The molecular weight excluding hydrogens is 220 g/mol. The van der Waals surface area contributed by atoms with Crippen molar-refractivity contribution in [2.24, 2.45) is 5.73 Å². The SMILES string of the molecule is NC(CO)c1ccccc1SCC(F)F. The highest BCUT2D eigenvalue weighted by atomic mass is 32.2. The Balaban J connectivity index is 2.77. The summed E-state index contributed by atoms with van der Waals surface area (Å²) in [6.07, 6.45) is -2.34. The summed E-state index contributed by atoms with van der Waals surface area (Å²) in [5, 5.41) is 8.91. The zero-order chi connectivity index (χ0) is 11.3. The lowest BCUT2D eigenvalue weighted by atomic mass is 10.1. The third-order valence-corrected chi connectivity index (χ3v) is 2.98. The number of thioether (sulfide) groups is 1. The van der Waals surface area contributed by atoms with Crippen molar-refractivity contribution in [3.8, 4) is 0 Å². The van der Waals surface area contributed by atoms with Gasteiger partial charge in [-0.2, -0.15) is 0 Å². The molecule has 0 aromatic heterocycles. The number of benzene rings is 1. The Hall–Kier alpha value is -0.650. The first-order valence-corrected chi connectivity index (χ1v) is 5.50. The van der Waals surface area contributed by atoms with Crippen LogP contribution in [0.5, 0.6) is 0 Å². The van der Waals surface area contributed by atoms with Crippen LogP contribution in [0.25, 0.3) is 0 Å². The Kier molecular flexibility index (Phi) is 5.01. The van der Waals surface area contributed by atoms with Crippen molar-refractivity contribution in [1.29, 1.82) is 0 Å². The standard InChI is InChI=1S/C10H13F2NOS/c11-10(12)6-15-9-4-2-1-3-7(9)8(13)5-14/h1-4,8,10,14H,5-6,13H2. The van der Waals surface area contributed by atoms with Crippen LogP contribution in [0.15, 0.2) is 29.2 Å². The minimum atomic E-state index is -2.34. The minimum absolute atomic E-state index is 0.188. The molecule has 0 aliphatic carbocycles. The summed E-state index contributed by atoms with van der Waals surface area (Å²) < 4.78 is 24.1. The molecule has 0 spiro atoms. The summed E-state index contributed by atoms with van der Waals surface area (Å²) in [6.45, 7) is -0.188. The molecular formula is C10H13F2NOS. The molecule has 0 heterocycles. The van der Waals surface area contributed by atoms with Crippen LogP contribution in [0, 0.1) is 0 Å². The first-order chi connectivity index (χ1) is 7.15. The number of aliphatic hydroxyl groups is 1. The zero-order valence-corrected chi connectivity index (χ0v) is 8.88. The summed E-state index contributed by atoms with van der Waals surface area (Å²) in [4.78, 5) is 0.708. The minimum Gasteiger partial charge on any atom is -0.394 e. The fourth-order valence-corrected chi connectivity index (χ4v) is 2.04. The van der Waals surface area contributed by atoms with Gasteiger partial charge in [-0.15, -0.1) is 11.8 Å². The second-order valence-corrected chi connectivity index (χ2v) is 4.09. The zero-order valence-electron chi connectivity index (χ0n) is 8.07. The summed E-state index contributed by atoms with van der Waals surface area (Å²) >= 11 is 1.06. The number of hydrogen-bond acceptors (Lipinski definition) is 3. The smallest absolute Gasteiger partial charge is 0.247 e. The Morgan fingerprint density at radius 2 is 2.00 bits per heavy atom. The average molecular weight is 233 g/mol. The molecule has 0 aliphatic heterocycles. The quantitative estimate of drug-likeness (QED) is 0.765. The van der Waals surface area contributed by atoms with E-state index in [4.69, 9.17) is 10.8 Å². The predicted molar refractivity (Wildman–Crippen MR) is 57.2 cm³/mol. The highest BCUT2D eigenvalue weighted by molar-refractivity contribution is 7.99. The monoisotopic (exact) mass is 233 g/mol. The van der Waals surface area contributed by atoms with E-state index in [1.54, 1.807) is 24.3 Å². The molecule has 1 aromatic carbocycles. The molecule has 0 fully saturated rings. The van der Waals surface area contributed by atoms with Gasteiger partial charge in [-0.05, 0) is 11.6 Å². The maximum atomic E-state index is 12.0. The summed E-state index contributed by atoms with van der Waals surface area (Å²) in [7, 11) is 0. The maximum Gasteiger partial charge on any atom is 0.247 e. The van der Waals surface area contributed by atoms with E-state index < -0.39 is 12.5 Å². The van der Waals surface area contributed by atoms with Gasteiger partial charge in [-0.3, -0.25) is 0 Å². The molecule has 1 aromatic rings. The van der Waals surface area contributed by atoms with Crippen LogP contribution < -0.4 is 5.73 Å². The van der Waals surface area contributed by atoms with E-state index in [1.165, 1.54) is 0 Å². The highest BCUT2D eigenvalue weighted by Crippen LogP contribution is 2.27. The number of alkyl halides is 2. The predicted octanol–water partition coefficient (Wildman–Crippen LogP) is 2.04. The van der Waals surface area contributed by atoms with Crippen molar-refractivity contribution in [3.05, 3.63) is 29.8 Å². The first kappa shape index (κ1) is 12.4. The molecule has 1 rings (SSSR count). The van der Waals surface area contributed by atoms with Crippen LogP contribution in [0.4, 0.5) is 8.78 Å². The molecule has 0 radical (unpaired) electrons. The molecule has 84 valence electrons. The highest BCUT2D eigenvalue weighted by Gasteiger charge is 2.11. The summed E-state index contributed by atoms with van der Waals surface area (Å²) in [6, 6.07) is 6.51. The molecule has 0 aliphatic rings. The van der Waals surface area contributed by atoms with Gasteiger partial charge in [0.05, 0.1) is 18.4 Å². The van der Waals surface area contributed by atoms with Crippen LogP contribution in [0.2, 0.25) is 0 Å². The van der Waals surface area contributed by atoms with Crippen molar-refractivity contribution in [1.82, 2.24) is 0 Å². The van der Waals surface area contributed by atoms with Crippen molar-refractivity contribution in [3.63, 3.8) is 0 Å². The van der Waals surface area contributed by atoms with E-state index >= 15 is 0 Å². The van der Waals surface area contributed by atoms with Crippen LogP contribution >= 0.6 is 11.8 Å². The van der Waals surface area contributed by atoms with Gasteiger partial charge in [0, 0.05) is 4.90 Å². The van der Waals surface area contributed by atoms with E-state index in [0.717, 1.165) is 11.8 Å². The number of hydrogen-bond donors (Lipinski definition) is 2. The van der Waals surface area contributed by atoms with E-state index in [9.17, 15) is 8.78 Å². The van der Waals surface area contributed by atoms with Crippen molar-refractivity contribution >= 4 is 11.8 Å². The van der Waals surface area contributed by atoms with E-state index in [0.29, 0.717) is 10.5 Å². The Bertz CT molecular complexity index is 309. The van der Waals surface area contributed by atoms with Gasteiger partial charge < -0.3 is 10.8 Å². The van der Waals surface area contributed by atoms with E-state index in [-0.39, 0.29) is 12.4 Å². The maximum absolute atomic E-state index is 12.0. The van der Waals surface area contributed by atoms with Gasteiger partial charge in [0.15, 0.2) is 0 Å². The van der Waals surface area contributed by atoms with E-state index in [2.05, 4.69) is 0 Å². The van der Waals surface area contributed by atoms with Gasteiger partial charge in [0.1, 0.15) is 0 Å². The number of aliphatic hydroxyl groups excluding tert-OH is 1. The molecule has 3 N–H and O–H groups in total. The fraction of sp³-hybridized carbons (Fsp3) is 0.400. The number of nitrogens with two attached hydrogens (primary N) is 1. The molecule has 15 heavy (non-hydrogen) atoms. The van der Waals surface area contributed by atoms with Crippen LogP contribution in [-0.4, -0.2) is 23.9 Å². The molecule has 1 atom stereocenters. The van der Waals surface area contributed by atoms with Crippen molar-refractivity contribution in [2.45, 2.75) is 17.4 Å². The summed E-state index contributed by atoms with van der Waals surface area (Å²) in [5.41, 5.74) is 6.36. The van der Waals surface area contributed by atoms with Gasteiger partial charge in [-0.1, -0.05) is 18.2 Å². The van der Waals surface area contributed by atoms with Gasteiger partial charge >= 0.3 is 0 Å². The van der Waals surface area contributed by atoms with Crippen LogP contribution in [0.1, 0.15) is 11.6 Å². The van der Waals surface area contributed by atoms with Crippen LogP contribution in [0.3, 0.4) is 0 Å². The third kappa shape index (κ3) is 3.77. The molecule has 2 nitrogen and oxygen atoms in total. The first-order valence-electron chi connectivity index (χ1n) is 4.51. The molecule has 0 saturated carbocycles. The second kappa shape index (κ2) is 6.05. The topological polar surface area (TPSA) is 46.2 Å². The fourth-order valence-electron chi connectivity index (χ4n) is 1.17. The van der Waals surface area contributed by atoms with Crippen molar-refractivity contribution < 1.29 is 13.9 Å². The Morgan fingerprint density at radius 3 is 2.60 bits per heavy atom. The lowest BCUT2D eigenvalue weighted by Gasteiger charge is -2.13. The number of halogens is 2. The molecule has 0 saturated heterocycles. The van der Waals surface area contributed by atoms with E-state index in [1.807, 2.05) is 0 Å². The average Bonchev–Trinajstić information content (AvgIpc) is 2.25. The van der Waals surface area contributed by atoms with Gasteiger partial charge in [-0.25, -0.2) is 8.78 Å². The third-order valence-electron chi connectivity index (χ3n) is 1.88. The van der Waals surface area contributed by atoms with Gasteiger partial charge in [0.25, 0.3) is 0 Å². The molecule has 5 heteroatoms. The molecule has 0 bridgehead atoms. The largest absolute Gasteiger partial charge is 0.394 e. The lowest BCUT2D eigenvalue weighted by molar-refractivity contribution is 0.177. The van der Waals surface area contributed by atoms with Crippen LogP contribution in [-0.2, 0) is 0 Å².